The normalized spacial score (nSPS) is 16.4. The number of pyridine rings is 1. The maximum Gasteiger partial charge on any atom is 1.00 e. The van der Waals surface area contributed by atoms with Crippen LogP contribution >= 0.6 is 0 Å². The van der Waals surface area contributed by atoms with Gasteiger partial charge in [0.25, 0.3) is 0 Å². The Hall–Kier alpha value is 0.601. The first kappa shape index (κ1) is 14.7. The van der Waals surface area contributed by atoms with Crippen LogP contribution in [0.3, 0.4) is 0 Å². The first-order valence-electron chi connectivity index (χ1n) is 4.78. The van der Waals surface area contributed by atoms with Gasteiger partial charge in [0.2, 0.25) is 0 Å². The fourth-order valence-electron chi connectivity index (χ4n) is 1.52. The summed E-state index contributed by atoms with van der Waals surface area (Å²) in [5, 5.41) is 0. The molecule has 0 N–H and O–H groups in total. The number of aromatic nitrogens is 1. The molecule has 1 fully saturated rings. The van der Waals surface area contributed by atoms with Gasteiger partial charge in [-0.1, -0.05) is 11.9 Å². The monoisotopic (exact) mass is 255 g/mol. The standard InChI is InChI=1S/C9H10BF3NO.K/c11-10(12,13)4-7-1-2-14-9(3-7)8-5-15-6-8;/h1-3,8H,4-6H2;/q-1;+1. The van der Waals surface area contributed by atoms with Crippen molar-refractivity contribution in [3.05, 3.63) is 29.6 Å². The van der Waals surface area contributed by atoms with E-state index in [1.165, 1.54) is 18.3 Å². The molecule has 1 aliphatic rings. The second-order valence-corrected chi connectivity index (χ2v) is 3.74. The van der Waals surface area contributed by atoms with Crippen molar-refractivity contribution in [3.8, 4) is 0 Å². The Bertz CT molecular complexity index is 357. The van der Waals surface area contributed by atoms with E-state index >= 15 is 0 Å². The predicted molar refractivity (Wildman–Crippen MR) is 50.6 cm³/mol. The molecule has 0 saturated carbocycles. The van der Waals surface area contributed by atoms with Crippen LogP contribution in [0, 0.1) is 0 Å². The number of hydrogen-bond acceptors (Lipinski definition) is 2. The molecule has 1 aliphatic heterocycles. The van der Waals surface area contributed by atoms with Crippen molar-refractivity contribution in [2.75, 3.05) is 13.2 Å². The molecule has 0 spiro atoms. The minimum absolute atomic E-state index is 0. The Kier molecular flexibility index (Phi) is 5.47. The summed E-state index contributed by atoms with van der Waals surface area (Å²) in [5.74, 6) is 0.172. The molecule has 2 rings (SSSR count). The number of halogens is 3. The molecule has 16 heavy (non-hydrogen) atoms. The van der Waals surface area contributed by atoms with Crippen LogP contribution in [0.15, 0.2) is 18.3 Å². The largest absolute Gasteiger partial charge is 1.00 e. The van der Waals surface area contributed by atoms with Gasteiger partial charge in [0.15, 0.2) is 0 Å². The Morgan fingerprint density at radius 3 is 2.56 bits per heavy atom. The predicted octanol–water partition coefficient (Wildman–Crippen LogP) is -0.872. The van der Waals surface area contributed by atoms with E-state index in [4.69, 9.17) is 4.74 Å². The second-order valence-electron chi connectivity index (χ2n) is 3.74. The summed E-state index contributed by atoms with van der Waals surface area (Å²) in [5.41, 5.74) is 0.998. The van der Waals surface area contributed by atoms with E-state index in [0.717, 1.165) is 0 Å². The summed E-state index contributed by atoms with van der Waals surface area (Å²) in [7, 11) is 0. The first-order valence-corrected chi connectivity index (χ1v) is 4.78. The molecule has 1 aromatic rings. The van der Waals surface area contributed by atoms with Crippen molar-refractivity contribution < 1.29 is 69.1 Å². The Labute approximate surface area is 134 Å². The average molecular weight is 255 g/mol. The van der Waals surface area contributed by atoms with Gasteiger partial charge in [0.1, 0.15) is 0 Å². The molecule has 0 amide bonds. The number of rotatable bonds is 3. The van der Waals surface area contributed by atoms with Crippen LogP contribution in [0.25, 0.3) is 0 Å². The van der Waals surface area contributed by atoms with Crippen LogP contribution < -0.4 is 51.4 Å². The van der Waals surface area contributed by atoms with Crippen LogP contribution in [-0.4, -0.2) is 25.2 Å². The summed E-state index contributed by atoms with van der Waals surface area (Å²) in [6, 6.07) is 2.95. The molecule has 0 aromatic carbocycles. The summed E-state index contributed by atoms with van der Waals surface area (Å²) in [4.78, 5) is 4.05. The molecular formula is C9H10BF3KNO. The van der Waals surface area contributed by atoms with Gasteiger partial charge in [-0.2, -0.15) is 0 Å². The van der Waals surface area contributed by atoms with Crippen molar-refractivity contribution in [1.82, 2.24) is 4.98 Å². The molecule has 0 atom stereocenters. The first-order chi connectivity index (χ1) is 7.04. The van der Waals surface area contributed by atoms with E-state index < -0.39 is 13.3 Å². The maximum atomic E-state index is 12.2. The molecule has 82 valence electrons. The minimum Gasteiger partial charge on any atom is -0.449 e. The molecule has 1 saturated heterocycles. The fourth-order valence-corrected chi connectivity index (χ4v) is 1.52. The van der Waals surface area contributed by atoms with Crippen molar-refractivity contribution >= 4 is 6.98 Å². The Morgan fingerprint density at radius 1 is 1.38 bits per heavy atom. The van der Waals surface area contributed by atoms with Gasteiger partial charge in [-0.05, 0) is 12.1 Å². The molecule has 0 unspecified atom stereocenters. The van der Waals surface area contributed by atoms with E-state index in [9.17, 15) is 12.9 Å². The zero-order valence-corrected chi connectivity index (χ0v) is 12.1. The van der Waals surface area contributed by atoms with Crippen LogP contribution in [0.4, 0.5) is 12.9 Å². The molecule has 1 aromatic heterocycles. The Balaban J connectivity index is 0.00000128. The summed E-state index contributed by atoms with van der Waals surface area (Å²) in [6.45, 7) is -3.64. The van der Waals surface area contributed by atoms with Gasteiger partial charge >= 0.3 is 58.4 Å². The van der Waals surface area contributed by atoms with Crippen molar-refractivity contribution in [2.24, 2.45) is 0 Å². The van der Waals surface area contributed by atoms with E-state index in [0.29, 0.717) is 24.5 Å². The Morgan fingerprint density at radius 2 is 2.06 bits per heavy atom. The molecule has 7 heteroatoms. The van der Waals surface area contributed by atoms with Gasteiger partial charge < -0.3 is 17.7 Å². The molecule has 0 bridgehead atoms. The summed E-state index contributed by atoms with van der Waals surface area (Å²) in [6.07, 6.45) is 0.605. The molecule has 0 radical (unpaired) electrons. The smallest absolute Gasteiger partial charge is 0.449 e. The SMILES string of the molecule is F[B-](F)(F)Cc1ccnc(C2COC2)c1.[K+]. The van der Waals surface area contributed by atoms with Gasteiger partial charge in [-0.15, -0.1) is 0 Å². The molecule has 2 heterocycles. The number of ether oxygens (including phenoxy) is 1. The van der Waals surface area contributed by atoms with Gasteiger partial charge in [0.05, 0.1) is 13.2 Å². The van der Waals surface area contributed by atoms with Crippen molar-refractivity contribution in [1.29, 1.82) is 0 Å². The maximum absolute atomic E-state index is 12.2. The van der Waals surface area contributed by atoms with Crippen molar-refractivity contribution in [2.45, 2.75) is 12.2 Å². The fraction of sp³-hybridized carbons (Fsp3) is 0.444. The van der Waals surface area contributed by atoms with Crippen LogP contribution in [0.5, 0.6) is 0 Å². The minimum atomic E-state index is -4.77. The molecule has 2 nitrogen and oxygen atoms in total. The summed E-state index contributed by atoms with van der Waals surface area (Å²) >= 11 is 0. The number of hydrogen-bond donors (Lipinski definition) is 0. The van der Waals surface area contributed by atoms with Gasteiger partial charge in [0, 0.05) is 17.8 Å². The quantitative estimate of drug-likeness (QED) is 0.655. The van der Waals surface area contributed by atoms with Gasteiger partial charge in [-0.3, -0.25) is 4.98 Å². The topological polar surface area (TPSA) is 22.1 Å². The van der Waals surface area contributed by atoms with E-state index in [2.05, 4.69) is 4.98 Å². The average Bonchev–Trinajstić information content (AvgIpc) is 1.97. The van der Waals surface area contributed by atoms with E-state index in [-0.39, 0.29) is 57.3 Å². The van der Waals surface area contributed by atoms with E-state index in [1.54, 1.807) is 0 Å². The van der Waals surface area contributed by atoms with Gasteiger partial charge in [-0.25, -0.2) is 0 Å². The van der Waals surface area contributed by atoms with E-state index in [1.807, 2.05) is 0 Å². The summed E-state index contributed by atoms with van der Waals surface area (Å²) < 4.78 is 41.5. The van der Waals surface area contributed by atoms with Crippen molar-refractivity contribution in [3.63, 3.8) is 0 Å². The van der Waals surface area contributed by atoms with Crippen LogP contribution in [-0.2, 0) is 11.1 Å². The third-order valence-corrected chi connectivity index (χ3v) is 2.37. The third kappa shape index (κ3) is 4.12. The second kappa shape index (κ2) is 5.97. The van der Waals surface area contributed by atoms with Crippen LogP contribution in [0.1, 0.15) is 17.2 Å². The molecule has 0 aliphatic carbocycles. The zero-order valence-electron chi connectivity index (χ0n) is 9.00. The number of nitrogens with zero attached hydrogens (tertiary/aromatic N) is 1. The van der Waals surface area contributed by atoms with Crippen LogP contribution in [0.2, 0.25) is 0 Å². The third-order valence-electron chi connectivity index (χ3n) is 2.37. The zero-order chi connectivity index (χ0) is 10.9. The molecular weight excluding hydrogens is 245 g/mol.